The van der Waals surface area contributed by atoms with Crippen LogP contribution < -0.4 is 5.32 Å². The molecule has 1 N–H and O–H groups in total. The maximum atomic E-state index is 12.1. The molecule has 1 aromatic heterocycles. The minimum absolute atomic E-state index is 0.0358. The number of aromatic nitrogens is 4. The Morgan fingerprint density at radius 2 is 2.12 bits per heavy atom. The van der Waals surface area contributed by atoms with E-state index in [4.69, 9.17) is 0 Å². The molecule has 2 aromatic rings. The molecule has 24 heavy (non-hydrogen) atoms. The predicted molar refractivity (Wildman–Crippen MR) is 92.8 cm³/mol. The second-order valence-electron chi connectivity index (χ2n) is 6.85. The number of carbonyl (C=O) groups excluding carboxylic acids is 1. The number of fused-ring (bicyclic) bond motifs is 2. The van der Waals surface area contributed by atoms with Gasteiger partial charge in [0.2, 0.25) is 11.1 Å². The van der Waals surface area contributed by atoms with Gasteiger partial charge >= 0.3 is 0 Å². The maximum absolute atomic E-state index is 12.1. The van der Waals surface area contributed by atoms with Gasteiger partial charge in [-0.2, -0.15) is 0 Å². The summed E-state index contributed by atoms with van der Waals surface area (Å²) in [6, 6.07) is 8.21. The van der Waals surface area contributed by atoms with Gasteiger partial charge in [0.05, 0.1) is 11.8 Å². The van der Waals surface area contributed by atoms with E-state index in [1.807, 2.05) is 35.9 Å². The Bertz CT molecular complexity index is 729. The van der Waals surface area contributed by atoms with Crippen LogP contribution in [0.1, 0.15) is 37.3 Å². The van der Waals surface area contributed by atoms with Crippen LogP contribution >= 0.6 is 11.8 Å². The SMILES string of the molecule is Cc1ccc(NC(=O)CSc2nnnn2[C@@H]2C[C@@H]3CC[C@@H]2C3)cc1. The monoisotopic (exact) mass is 343 g/mol. The zero-order valence-corrected chi connectivity index (χ0v) is 14.5. The second kappa shape index (κ2) is 6.55. The number of nitrogens with one attached hydrogen (secondary N) is 1. The number of nitrogens with zero attached hydrogens (tertiary/aromatic N) is 4. The van der Waals surface area contributed by atoms with Gasteiger partial charge in [0.1, 0.15) is 0 Å². The first-order valence-corrected chi connectivity index (χ1v) is 9.45. The predicted octanol–water partition coefficient (Wildman–Crippen LogP) is 3.07. The third-order valence-corrected chi connectivity index (χ3v) is 6.08. The van der Waals surface area contributed by atoms with Gasteiger partial charge in [-0.3, -0.25) is 4.79 Å². The van der Waals surface area contributed by atoms with Crippen LogP contribution in [0.5, 0.6) is 0 Å². The van der Waals surface area contributed by atoms with Crippen molar-refractivity contribution in [2.24, 2.45) is 11.8 Å². The summed E-state index contributed by atoms with van der Waals surface area (Å²) in [7, 11) is 0. The summed E-state index contributed by atoms with van der Waals surface area (Å²) in [5, 5.41) is 15.8. The fourth-order valence-electron chi connectivity index (χ4n) is 3.96. The van der Waals surface area contributed by atoms with E-state index in [0.29, 0.717) is 17.7 Å². The van der Waals surface area contributed by atoms with Crippen molar-refractivity contribution in [3.05, 3.63) is 29.8 Å². The molecule has 1 aromatic carbocycles. The van der Waals surface area contributed by atoms with Crippen LogP contribution in [0.15, 0.2) is 29.4 Å². The molecule has 6 nitrogen and oxygen atoms in total. The smallest absolute Gasteiger partial charge is 0.234 e. The Labute approximate surface area is 145 Å². The Morgan fingerprint density at radius 3 is 2.83 bits per heavy atom. The quantitative estimate of drug-likeness (QED) is 0.845. The fraction of sp³-hybridized carbons (Fsp3) is 0.529. The largest absolute Gasteiger partial charge is 0.325 e. The number of anilines is 1. The standard InChI is InChI=1S/C17H21N5OS/c1-11-2-6-14(7-3-11)18-16(23)10-24-17-19-20-21-22(17)15-9-12-4-5-13(15)8-12/h2-3,6-7,12-13,15H,4-5,8-10H2,1H3,(H,18,23)/t12-,13-,15-/m1/s1. The molecule has 2 aliphatic rings. The molecule has 0 radical (unpaired) electrons. The van der Waals surface area contributed by atoms with Crippen molar-refractivity contribution in [3.63, 3.8) is 0 Å². The third kappa shape index (κ3) is 3.17. The highest BCUT2D eigenvalue weighted by Crippen LogP contribution is 2.50. The summed E-state index contributed by atoms with van der Waals surface area (Å²) in [6.45, 7) is 2.02. The lowest BCUT2D eigenvalue weighted by atomic mass is 9.96. The van der Waals surface area contributed by atoms with Gasteiger partial charge in [0.15, 0.2) is 0 Å². The van der Waals surface area contributed by atoms with E-state index in [1.165, 1.54) is 43.0 Å². The van der Waals surface area contributed by atoms with Crippen molar-refractivity contribution in [2.45, 2.75) is 43.8 Å². The van der Waals surface area contributed by atoms with Gasteiger partial charge in [-0.15, -0.1) is 5.10 Å². The number of carbonyl (C=O) groups is 1. The number of rotatable bonds is 5. The van der Waals surface area contributed by atoms with E-state index in [2.05, 4.69) is 20.8 Å². The van der Waals surface area contributed by atoms with E-state index < -0.39 is 0 Å². The Hall–Kier alpha value is -1.89. The van der Waals surface area contributed by atoms with Gasteiger partial charge in [-0.1, -0.05) is 35.9 Å². The molecule has 0 unspecified atom stereocenters. The maximum Gasteiger partial charge on any atom is 0.234 e. The van der Waals surface area contributed by atoms with Crippen LogP contribution in [0.25, 0.3) is 0 Å². The minimum Gasteiger partial charge on any atom is -0.325 e. The molecule has 0 spiro atoms. The number of tetrazole rings is 1. The molecule has 0 aliphatic heterocycles. The molecule has 2 fully saturated rings. The van der Waals surface area contributed by atoms with Crippen molar-refractivity contribution in [2.75, 3.05) is 11.1 Å². The summed E-state index contributed by atoms with van der Waals surface area (Å²) in [5.74, 6) is 1.83. The second-order valence-corrected chi connectivity index (χ2v) is 7.79. The van der Waals surface area contributed by atoms with Crippen molar-refractivity contribution in [1.82, 2.24) is 20.2 Å². The van der Waals surface area contributed by atoms with Gasteiger partial charge < -0.3 is 5.32 Å². The minimum atomic E-state index is -0.0358. The van der Waals surface area contributed by atoms with E-state index in [-0.39, 0.29) is 5.91 Å². The molecule has 126 valence electrons. The van der Waals surface area contributed by atoms with E-state index in [9.17, 15) is 4.79 Å². The molecule has 7 heteroatoms. The van der Waals surface area contributed by atoms with E-state index in [1.54, 1.807) is 0 Å². The lowest BCUT2D eigenvalue weighted by Crippen LogP contribution is -2.19. The first kappa shape index (κ1) is 15.6. The Morgan fingerprint density at radius 1 is 1.29 bits per heavy atom. The van der Waals surface area contributed by atoms with Crippen LogP contribution in [-0.2, 0) is 4.79 Å². The zero-order chi connectivity index (χ0) is 16.5. The van der Waals surface area contributed by atoms with Crippen molar-refractivity contribution >= 4 is 23.4 Å². The number of aryl methyl sites for hydroxylation is 1. The summed E-state index contributed by atoms with van der Waals surface area (Å²) < 4.78 is 1.95. The highest BCUT2D eigenvalue weighted by molar-refractivity contribution is 7.99. The van der Waals surface area contributed by atoms with Crippen molar-refractivity contribution in [1.29, 1.82) is 0 Å². The first-order chi connectivity index (χ1) is 11.7. The van der Waals surface area contributed by atoms with Crippen LogP contribution in [0.2, 0.25) is 0 Å². The van der Waals surface area contributed by atoms with Gasteiger partial charge in [-0.25, -0.2) is 4.68 Å². The van der Waals surface area contributed by atoms with Gasteiger partial charge in [0, 0.05) is 5.69 Å². The molecule has 2 aliphatic carbocycles. The molecular weight excluding hydrogens is 322 g/mol. The highest BCUT2D eigenvalue weighted by atomic mass is 32.2. The van der Waals surface area contributed by atoms with Gasteiger partial charge in [-0.05, 0) is 60.6 Å². The number of hydrogen-bond acceptors (Lipinski definition) is 5. The lowest BCUT2D eigenvalue weighted by molar-refractivity contribution is -0.113. The Balaban J connectivity index is 1.35. The molecule has 2 bridgehead atoms. The average Bonchev–Trinajstić information content (AvgIpc) is 3.31. The molecule has 2 saturated carbocycles. The highest BCUT2D eigenvalue weighted by Gasteiger charge is 2.42. The molecule has 1 heterocycles. The molecular formula is C17H21N5OS. The molecule has 4 rings (SSSR count). The summed E-state index contributed by atoms with van der Waals surface area (Å²) in [5.41, 5.74) is 1.99. The Kier molecular flexibility index (Phi) is 4.26. The number of amides is 1. The van der Waals surface area contributed by atoms with Crippen LogP contribution in [-0.4, -0.2) is 31.9 Å². The third-order valence-electron chi connectivity index (χ3n) is 5.15. The molecule has 0 saturated heterocycles. The van der Waals surface area contributed by atoms with Crippen LogP contribution in [0, 0.1) is 18.8 Å². The summed E-state index contributed by atoms with van der Waals surface area (Å²) in [6.07, 6.45) is 5.12. The number of hydrogen-bond donors (Lipinski definition) is 1. The fourth-order valence-corrected chi connectivity index (χ4v) is 4.69. The molecule has 3 atom stereocenters. The van der Waals surface area contributed by atoms with Gasteiger partial charge in [0.25, 0.3) is 0 Å². The van der Waals surface area contributed by atoms with Crippen molar-refractivity contribution in [3.8, 4) is 0 Å². The summed E-state index contributed by atoms with van der Waals surface area (Å²) in [4.78, 5) is 12.1. The van der Waals surface area contributed by atoms with E-state index >= 15 is 0 Å². The van der Waals surface area contributed by atoms with Crippen molar-refractivity contribution < 1.29 is 4.79 Å². The number of benzene rings is 1. The average molecular weight is 343 g/mol. The normalized spacial score (nSPS) is 25.1. The summed E-state index contributed by atoms with van der Waals surface area (Å²) >= 11 is 1.41. The van der Waals surface area contributed by atoms with E-state index in [0.717, 1.165) is 16.8 Å². The zero-order valence-electron chi connectivity index (χ0n) is 13.7. The lowest BCUT2D eigenvalue weighted by Gasteiger charge is -2.22. The van der Waals surface area contributed by atoms with Crippen LogP contribution in [0.3, 0.4) is 0 Å². The topological polar surface area (TPSA) is 72.7 Å². The number of thioether (sulfide) groups is 1. The molecule has 1 amide bonds. The first-order valence-electron chi connectivity index (χ1n) is 8.46. The van der Waals surface area contributed by atoms with Crippen LogP contribution in [0.4, 0.5) is 5.69 Å².